The minimum atomic E-state index is -0.664. The zero-order valence-electron chi connectivity index (χ0n) is 16.8. The Labute approximate surface area is 172 Å². The van der Waals surface area contributed by atoms with Gasteiger partial charge in [0.15, 0.2) is 0 Å². The van der Waals surface area contributed by atoms with Crippen molar-refractivity contribution in [2.75, 3.05) is 13.1 Å². The van der Waals surface area contributed by atoms with E-state index in [1.165, 1.54) is 6.42 Å². The van der Waals surface area contributed by atoms with Crippen molar-refractivity contribution in [3.63, 3.8) is 0 Å². The number of carbonyl (C=O) groups excluding carboxylic acids is 2. The number of carbonyl (C=O) groups is 2. The second kappa shape index (κ2) is 8.36. The standard InChI is InChI=1S/C24H29N3O2/c25-23(29)24(12-15-27(17-24)22(28)21-4-2-1-3-5-21)16-18-6-8-19(9-7-18)20-10-13-26-14-11-20/h6-11,13-14,21H,1-5,12,15-17H2,(H2,25,29)/t24-/m0/s1. The van der Waals surface area contributed by atoms with Gasteiger partial charge in [0.2, 0.25) is 11.8 Å². The van der Waals surface area contributed by atoms with E-state index >= 15 is 0 Å². The smallest absolute Gasteiger partial charge is 0.225 e. The molecule has 0 bridgehead atoms. The van der Waals surface area contributed by atoms with Gasteiger partial charge in [0.05, 0.1) is 5.41 Å². The van der Waals surface area contributed by atoms with Gasteiger partial charge in [0.1, 0.15) is 0 Å². The van der Waals surface area contributed by atoms with Gasteiger partial charge in [0, 0.05) is 31.4 Å². The minimum absolute atomic E-state index is 0.132. The first-order valence-electron chi connectivity index (χ1n) is 10.7. The molecule has 1 saturated heterocycles. The monoisotopic (exact) mass is 391 g/mol. The van der Waals surface area contributed by atoms with E-state index in [1.807, 2.05) is 17.0 Å². The number of amides is 2. The first-order chi connectivity index (χ1) is 14.1. The Hall–Kier alpha value is -2.69. The largest absolute Gasteiger partial charge is 0.369 e. The van der Waals surface area contributed by atoms with Crippen LogP contribution in [-0.4, -0.2) is 34.8 Å². The second-order valence-corrected chi connectivity index (χ2v) is 8.60. The molecular weight excluding hydrogens is 362 g/mol. The van der Waals surface area contributed by atoms with E-state index in [0.717, 1.165) is 42.4 Å². The molecule has 2 amide bonds. The topological polar surface area (TPSA) is 76.3 Å². The van der Waals surface area contributed by atoms with Gasteiger partial charge >= 0.3 is 0 Å². The van der Waals surface area contributed by atoms with Crippen LogP contribution in [0.15, 0.2) is 48.8 Å². The maximum absolute atomic E-state index is 12.9. The molecule has 2 fully saturated rings. The van der Waals surface area contributed by atoms with Gasteiger partial charge < -0.3 is 10.6 Å². The van der Waals surface area contributed by atoms with Crippen LogP contribution in [0.5, 0.6) is 0 Å². The van der Waals surface area contributed by atoms with E-state index in [9.17, 15) is 9.59 Å². The van der Waals surface area contributed by atoms with Crippen molar-refractivity contribution in [1.82, 2.24) is 9.88 Å². The van der Waals surface area contributed by atoms with Crippen molar-refractivity contribution >= 4 is 11.8 Å². The van der Waals surface area contributed by atoms with E-state index in [1.54, 1.807) is 12.4 Å². The molecule has 2 N–H and O–H groups in total. The molecular formula is C24H29N3O2. The molecule has 1 aromatic carbocycles. The van der Waals surface area contributed by atoms with E-state index in [4.69, 9.17) is 5.73 Å². The highest BCUT2D eigenvalue weighted by Crippen LogP contribution is 2.36. The highest BCUT2D eigenvalue weighted by molar-refractivity contribution is 5.85. The van der Waals surface area contributed by atoms with Crippen LogP contribution in [-0.2, 0) is 16.0 Å². The molecule has 2 aliphatic rings. The third-order valence-electron chi connectivity index (χ3n) is 6.65. The summed E-state index contributed by atoms with van der Waals surface area (Å²) < 4.78 is 0. The van der Waals surface area contributed by atoms with Crippen molar-refractivity contribution in [2.24, 2.45) is 17.1 Å². The predicted molar refractivity (Wildman–Crippen MR) is 113 cm³/mol. The molecule has 2 aromatic rings. The number of likely N-dealkylation sites (tertiary alicyclic amines) is 1. The number of rotatable bonds is 5. The number of aromatic nitrogens is 1. The Morgan fingerprint density at radius 1 is 1.00 bits per heavy atom. The highest BCUT2D eigenvalue weighted by Gasteiger charge is 2.45. The van der Waals surface area contributed by atoms with Crippen molar-refractivity contribution < 1.29 is 9.59 Å². The highest BCUT2D eigenvalue weighted by atomic mass is 16.2. The number of hydrogen-bond acceptors (Lipinski definition) is 3. The normalized spacial score (nSPS) is 22.6. The molecule has 29 heavy (non-hydrogen) atoms. The van der Waals surface area contributed by atoms with Gasteiger partial charge in [-0.15, -0.1) is 0 Å². The quantitative estimate of drug-likeness (QED) is 0.846. The van der Waals surface area contributed by atoms with Crippen LogP contribution < -0.4 is 5.73 Å². The molecule has 5 nitrogen and oxygen atoms in total. The first kappa shape index (κ1) is 19.6. The second-order valence-electron chi connectivity index (χ2n) is 8.60. The van der Waals surface area contributed by atoms with Crippen molar-refractivity contribution in [3.05, 3.63) is 54.4 Å². The molecule has 1 aliphatic heterocycles. The summed E-state index contributed by atoms with van der Waals surface area (Å²) in [5, 5.41) is 0. The average Bonchev–Trinajstić information content (AvgIpc) is 3.20. The summed E-state index contributed by atoms with van der Waals surface area (Å²) in [4.78, 5) is 31.3. The maximum atomic E-state index is 12.9. The van der Waals surface area contributed by atoms with Crippen LogP contribution in [0.1, 0.15) is 44.1 Å². The Balaban J connectivity index is 1.47. The van der Waals surface area contributed by atoms with Crippen LogP contribution in [0.4, 0.5) is 0 Å². The predicted octanol–water partition coefficient (Wildman–Crippen LogP) is 3.58. The van der Waals surface area contributed by atoms with Crippen molar-refractivity contribution in [3.8, 4) is 11.1 Å². The van der Waals surface area contributed by atoms with Crippen molar-refractivity contribution in [2.45, 2.75) is 44.9 Å². The number of benzene rings is 1. The number of pyridine rings is 1. The summed E-state index contributed by atoms with van der Waals surface area (Å²) in [6.07, 6.45) is 10.2. The van der Waals surface area contributed by atoms with Crippen LogP contribution >= 0.6 is 0 Å². The fourth-order valence-corrected chi connectivity index (χ4v) is 4.85. The van der Waals surface area contributed by atoms with Gasteiger partial charge in [-0.05, 0) is 54.5 Å². The summed E-state index contributed by atoms with van der Waals surface area (Å²) in [6, 6.07) is 12.2. The van der Waals surface area contributed by atoms with Gasteiger partial charge in [0.25, 0.3) is 0 Å². The Bertz CT molecular complexity index is 859. The lowest BCUT2D eigenvalue weighted by atomic mass is 9.80. The van der Waals surface area contributed by atoms with Gasteiger partial charge in [-0.25, -0.2) is 0 Å². The maximum Gasteiger partial charge on any atom is 0.225 e. The zero-order chi connectivity index (χ0) is 20.3. The number of nitrogens with zero attached hydrogens (tertiary/aromatic N) is 2. The molecule has 5 heteroatoms. The van der Waals surface area contributed by atoms with Crippen LogP contribution in [0.25, 0.3) is 11.1 Å². The minimum Gasteiger partial charge on any atom is -0.369 e. The molecule has 1 aliphatic carbocycles. The number of nitrogens with two attached hydrogens (primary N) is 1. The SMILES string of the molecule is NC(=O)[C@]1(Cc2ccc(-c3ccncc3)cc2)CCN(C(=O)C2CCCCC2)C1. The molecule has 1 aromatic heterocycles. The zero-order valence-corrected chi connectivity index (χ0v) is 16.8. The summed E-state index contributed by atoms with van der Waals surface area (Å²) in [6.45, 7) is 1.08. The van der Waals surface area contributed by atoms with Crippen LogP contribution in [0, 0.1) is 11.3 Å². The molecule has 2 heterocycles. The summed E-state index contributed by atoms with van der Waals surface area (Å²) in [5.41, 5.74) is 8.50. The summed E-state index contributed by atoms with van der Waals surface area (Å²) >= 11 is 0. The molecule has 152 valence electrons. The van der Waals surface area contributed by atoms with E-state index in [2.05, 4.69) is 29.2 Å². The Morgan fingerprint density at radius 2 is 1.66 bits per heavy atom. The number of hydrogen-bond donors (Lipinski definition) is 1. The summed E-state index contributed by atoms with van der Waals surface area (Å²) in [5.74, 6) is 0.0580. The van der Waals surface area contributed by atoms with Crippen LogP contribution in [0.3, 0.4) is 0 Å². The van der Waals surface area contributed by atoms with Gasteiger partial charge in [-0.3, -0.25) is 14.6 Å². The summed E-state index contributed by atoms with van der Waals surface area (Å²) in [7, 11) is 0. The molecule has 1 saturated carbocycles. The lowest BCUT2D eigenvalue weighted by Gasteiger charge is -2.29. The third-order valence-corrected chi connectivity index (χ3v) is 6.65. The van der Waals surface area contributed by atoms with E-state index in [-0.39, 0.29) is 17.7 Å². The molecule has 0 unspecified atom stereocenters. The van der Waals surface area contributed by atoms with Gasteiger partial charge in [-0.1, -0.05) is 43.5 Å². The first-order valence-corrected chi connectivity index (χ1v) is 10.7. The van der Waals surface area contributed by atoms with E-state index < -0.39 is 5.41 Å². The van der Waals surface area contributed by atoms with Crippen molar-refractivity contribution in [1.29, 1.82) is 0 Å². The number of primary amides is 1. The molecule has 4 rings (SSSR count). The third kappa shape index (κ3) is 4.19. The lowest BCUT2D eigenvalue weighted by molar-refractivity contribution is -0.136. The van der Waals surface area contributed by atoms with Gasteiger partial charge in [-0.2, -0.15) is 0 Å². The fraction of sp³-hybridized carbons (Fsp3) is 0.458. The molecule has 1 atom stereocenters. The Kier molecular flexibility index (Phi) is 5.65. The fourth-order valence-electron chi connectivity index (χ4n) is 4.85. The van der Waals surface area contributed by atoms with Crippen LogP contribution in [0.2, 0.25) is 0 Å². The lowest BCUT2D eigenvalue weighted by Crippen LogP contribution is -2.43. The average molecular weight is 392 g/mol. The van der Waals surface area contributed by atoms with E-state index in [0.29, 0.717) is 25.9 Å². The Morgan fingerprint density at radius 3 is 2.31 bits per heavy atom. The molecule has 0 spiro atoms. The molecule has 0 radical (unpaired) electrons.